The average molecular weight is 253 g/mol. The maximum Gasteiger partial charge on any atom is 0.326 e. The summed E-state index contributed by atoms with van der Waals surface area (Å²) in [5.74, 6) is -1.36. The van der Waals surface area contributed by atoms with Crippen LogP contribution in [0.3, 0.4) is 0 Å². The Morgan fingerprint density at radius 2 is 2.19 bits per heavy atom. The molecule has 0 radical (unpaired) electrons. The highest BCUT2D eigenvalue weighted by Crippen LogP contribution is 2.36. The Morgan fingerprint density at radius 1 is 1.62 bits per heavy atom. The summed E-state index contributed by atoms with van der Waals surface area (Å²) in [6.45, 7) is 0. The Hall–Kier alpha value is -1.83. The van der Waals surface area contributed by atoms with Gasteiger partial charge in [0.15, 0.2) is 5.69 Å². The number of aromatic hydroxyl groups is 1. The molecule has 1 rings (SSSR count). The van der Waals surface area contributed by atoms with E-state index in [1.807, 2.05) is 0 Å². The van der Waals surface area contributed by atoms with Crippen molar-refractivity contribution in [3.63, 3.8) is 0 Å². The van der Waals surface area contributed by atoms with Crippen molar-refractivity contribution in [2.24, 2.45) is 0 Å². The van der Waals surface area contributed by atoms with E-state index in [-0.39, 0.29) is 0 Å². The van der Waals surface area contributed by atoms with Crippen molar-refractivity contribution in [2.75, 3.05) is 0 Å². The molecule has 0 spiro atoms. The van der Waals surface area contributed by atoms with Crippen LogP contribution in [0, 0.1) is 10.1 Å². The Morgan fingerprint density at radius 3 is 2.56 bits per heavy atom. The molecule has 0 saturated heterocycles. The molecule has 1 N–H and O–H groups in total. The van der Waals surface area contributed by atoms with Gasteiger partial charge in [-0.15, -0.1) is 0 Å². The van der Waals surface area contributed by atoms with Gasteiger partial charge in [-0.05, 0) is 11.6 Å². The molecular weight excluding hydrogens is 250 g/mol. The van der Waals surface area contributed by atoms with Crippen LogP contribution in [0.15, 0.2) is 6.20 Å². The molecule has 0 unspecified atom stereocenters. The van der Waals surface area contributed by atoms with Crippen LogP contribution in [0.25, 0.3) is 0 Å². The number of carbonyl (C=O) groups is 1. The maximum absolute atomic E-state index is 12.2. The second kappa shape index (κ2) is 4.35. The lowest BCUT2D eigenvalue weighted by molar-refractivity contribution is -0.386. The first kappa shape index (κ1) is 12.2. The lowest BCUT2D eigenvalue weighted by Crippen LogP contribution is -2.03. The second-order valence-electron chi connectivity index (χ2n) is 2.59. The van der Waals surface area contributed by atoms with Gasteiger partial charge in [-0.3, -0.25) is 19.9 Å². The summed E-state index contributed by atoms with van der Waals surface area (Å²) in [5, 5.41) is 18.4. The quantitative estimate of drug-likeness (QED) is 0.504. The number of hydrogen-bond donors (Lipinski definition) is 1. The average Bonchev–Trinajstić information content (AvgIpc) is 2.15. The van der Waals surface area contributed by atoms with Crippen molar-refractivity contribution in [2.45, 2.75) is 6.43 Å². The van der Waals surface area contributed by atoms with E-state index in [0.717, 1.165) is 0 Å². The molecule has 0 bridgehead atoms. The van der Waals surface area contributed by atoms with Gasteiger partial charge in [0.25, 0.3) is 11.7 Å². The highest BCUT2D eigenvalue weighted by molar-refractivity contribution is 6.68. The molecule has 1 aromatic rings. The number of carbonyl (C=O) groups excluding carboxylic acids is 1. The van der Waals surface area contributed by atoms with Crippen LogP contribution in [-0.4, -0.2) is 20.3 Å². The molecule has 1 heterocycles. The van der Waals surface area contributed by atoms with E-state index < -0.39 is 39.3 Å². The molecule has 0 aliphatic heterocycles. The summed E-state index contributed by atoms with van der Waals surface area (Å²) in [6.07, 6.45) is -2.67. The summed E-state index contributed by atoms with van der Waals surface area (Å²) >= 11 is 4.97. The molecular formula is C7H3ClF2N2O4. The molecule has 16 heavy (non-hydrogen) atoms. The third-order valence-electron chi connectivity index (χ3n) is 1.66. The van der Waals surface area contributed by atoms with Gasteiger partial charge in [0.05, 0.1) is 4.92 Å². The largest absolute Gasteiger partial charge is 0.501 e. The van der Waals surface area contributed by atoms with Crippen molar-refractivity contribution in [1.82, 2.24) is 4.98 Å². The summed E-state index contributed by atoms with van der Waals surface area (Å²) in [4.78, 5) is 23.1. The zero-order valence-electron chi connectivity index (χ0n) is 7.35. The molecule has 0 aliphatic rings. The second-order valence-corrected chi connectivity index (χ2v) is 2.93. The van der Waals surface area contributed by atoms with Gasteiger partial charge in [-0.25, -0.2) is 8.78 Å². The number of aromatic nitrogens is 1. The lowest BCUT2D eigenvalue weighted by atomic mass is 10.2. The maximum atomic E-state index is 12.2. The number of hydrogen-bond acceptors (Lipinski definition) is 5. The number of pyridine rings is 1. The molecule has 0 atom stereocenters. The molecule has 0 aliphatic carbocycles. The standard InChI is InChI=1S/C7H3ClF2N2O4/c8-6(14)2-1-11-3(7(9)10)5(13)4(2)12(15)16/h1,7,13H. The predicted octanol–water partition coefficient (Wildman–Crippen LogP) is 2.01. The van der Waals surface area contributed by atoms with Gasteiger partial charge in [0.1, 0.15) is 5.56 Å². The van der Waals surface area contributed by atoms with Crippen LogP contribution < -0.4 is 0 Å². The van der Waals surface area contributed by atoms with Gasteiger partial charge in [-0.1, -0.05) is 0 Å². The third-order valence-corrected chi connectivity index (χ3v) is 1.86. The fourth-order valence-corrected chi connectivity index (χ4v) is 1.13. The molecule has 9 heteroatoms. The number of nitrogens with zero attached hydrogens (tertiary/aromatic N) is 2. The van der Waals surface area contributed by atoms with Crippen LogP contribution >= 0.6 is 11.6 Å². The van der Waals surface area contributed by atoms with Crippen LogP contribution in [0.5, 0.6) is 5.75 Å². The Balaban J connectivity index is 3.54. The van der Waals surface area contributed by atoms with E-state index in [9.17, 15) is 23.7 Å². The summed E-state index contributed by atoms with van der Waals surface area (Å²) in [7, 11) is 0. The van der Waals surface area contributed by atoms with E-state index in [1.54, 1.807) is 0 Å². The zero-order chi connectivity index (χ0) is 12.5. The molecule has 0 fully saturated rings. The highest BCUT2D eigenvalue weighted by Gasteiger charge is 2.30. The molecule has 0 aromatic carbocycles. The molecule has 0 amide bonds. The summed E-state index contributed by atoms with van der Waals surface area (Å²) in [5.41, 5.74) is -3.09. The fourth-order valence-electron chi connectivity index (χ4n) is 0.994. The monoisotopic (exact) mass is 252 g/mol. The summed E-state index contributed by atoms with van der Waals surface area (Å²) < 4.78 is 24.5. The number of nitro groups is 1. The zero-order valence-corrected chi connectivity index (χ0v) is 8.11. The van der Waals surface area contributed by atoms with Crippen molar-refractivity contribution >= 4 is 22.5 Å². The lowest BCUT2D eigenvalue weighted by Gasteiger charge is -2.04. The first-order chi connectivity index (χ1) is 7.36. The number of rotatable bonds is 3. The highest BCUT2D eigenvalue weighted by atomic mass is 35.5. The summed E-state index contributed by atoms with van der Waals surface area (Å²) in [6, 6.07) is 0. The van der Waals surface area contributed by atoms with Crippen LogP contribution in [-0.2, 0) is 0 Å². The van der Waals surface area contributed by atoms with E-state index in [4.69, 9.17) is 16.7 Å². The van der Waals surface area contributed by atoms with Crippen molar-refractivity contribution in [3.8, 4) is 5.75 Å². The van der Waals surface area contributed by atoms with E-state index in [1.165, 1.54) is 0 Å². The van der Waals surface area contributed by atoms with Gasteiger partial charge in [0.2, 0.25) is 5.75 Å². The third kappa shape index (κ3) is 2.06. The predicted molar refractivity (Wildman–Crippen MR) is 47.7 cm³/mol. The van der Waals surface area contributed by atoms with Gasteiger partial charge in [-0.2, -0.15) is 0 Å². The molecule has 0 saturated carbocycles. The van der Waals surface area contributed by atoms with Crippen molar-refractivity contribution in [3.05, 3.63) is 27.6 Å². The first-order valence-electron chi connectivity index (χ1n) is 3.70. The van der Waals surface area contributed by atoms with E-state index >= 15 is 0 Å². The Labute approximate surface area is 91.6 Å². The molecule has 86 valence electrons. The molecule has 6 nitrogen and oxygen atoms in total. The Bertz CT molecular complexity index is 466. The number of alkyl halides is 2. The Kier molecular flexibility index (Phi) is 3.33. The minimum Gasteiger partial charge on any atom is -0.501 e. The van der Waals surface area contributed by atoms with Gasteiger partial charge in [0, 0.05) is 6.20 Å². The molecule has 1 aromatic heterocycles. The normalized spacial score (nSPS) is 10.5. The van der Waals surface area contributed by atoms with Gasteiger partial charge < -0.3 is 5.11 Å². The minimum absolute atomic E-state index is 0.522. The topological polar surface area (TPSA) is 93.3 Å². The minimum atomic E-state index is -3.20. The van der Waals surface area contributed by atoms with Gasteiger partial charge >= 0.3 is 5.69 Å². The van der Waals surface area contributed by atoms with Crippen LogP contribution in [0.4, 0.5) is 14.5 Å². The van der Waals surface area contributed by atoms with Crippen molar-refractivity contribution in [1.29, 1.82) is 0 Å². The van der Waals surface area contributed by atoms with E-state index in [2.05, 4.69) is 4.98 Å². The van der Waals surface area contributed by atoms with Crippen LogP contribution in [0.2, 0.25) is 0 Å². The van der Waals surface area contributed by atoms with Crippen molar-refractivity contribution < 1.29 is 23.6 Å². The SMILES string of the molecule is O=C(Cl)c1cnc(C(F)F)c(O)c1[N+](=O)[O-]. The fraction of sp³-hybridized carbons (Fsp3) is 0.143. The van der Waals surface area contributed by atoms with E-state index in [0.29, 0.717) is 6.20 Å². The first-order valence-corrected chi connectivity index (χ1v) is 4.08. The van der Waals surface area contributed by atoms with Crippen LogP contribution in [0.1, 0.15) is 22.5 Å². The smallest absolute Gasteiger partial charge is 0.326 e. The number of halogens is 3.